The summed E-state index contributed by atoms with van der Waals surface area (Å²) in [5.41, 5.74) is 0.852. The van der Waals surface area contributed by atoms with Crippen LogP contribution in [0.2, 0.25) is 0 Å². The highest BCUT2D eigenvalue weighted by atomic mass is 32.2. The summed E-state index contributed by atoms with van der Waals surface area (Å²) in [6.07, 6.45) is 5.02. The topological polar surface area (TPSA) is 47.3 Å². The molecule has 0 unspecified atom stereocenters. The van der Waals surface area contributed by atoms with Crippen molar-refractivity contribution in [1.29, 1.82) is 0 Å². The molecular formula is C14H18N2O2S. The van der Waals surface area contributed by atoms with Crippen molar-refractivity contribution in [1.82, 2.24) is 10.3 Å². The molecule has 0 aliphatic heterocycles. The molecule has 2 aromatic rings. The SMILES string of the molecule is CCCNCc1coc(Oc2ccccc2SC)n1. The zero-order chi connectivity index (χ0) is 13.5. The second kappa shape index (κ2) is 7.21. The van der Waals surface area contributed by atoms with Gasteiger partial charge in [-0.3, -0.25) is 0 Å². The van der Waals surface area contributed by atoms with Gasteiger partial charge in [-0.1, -0.05) is 19.1 Å². The molecule has 5 heteroatoms. The first-order valence-electron chi connectivity index (χ1n) is 6.29. The summed E-state index contributed by atoms with van der Waals surface area (Å²) in [5.74, 6) is 0.768. The molecular weight excluding hydrogens is 260 g/mol. The van der Waals surface area contributed by atoms with Gasteiger partial charge in [-0.15, -0.1) is 11.8 Å². The summed E-state index contributed by atoms with van der Waals surface area (Å²) >= 11 is 1.63. The number of hydrogen-bond donors (Lipinski definition) is 1. The fourth-order valence-corrected chi connectivity index (χ4v) is 2.13. The lowest BCUT2D eigenvalue weighted by molar-refractivity contribution is 0.325. The minimum absolute atomic E-state index is 0.287. The van der Waals surface area contributed by atoms with Gasteiger partial charge < -0.3 is 14.5 Å². The highest BCUT2D eigenvalue weighted by molar-refractivity contribution is 7.98. The Balaban J connectivity index is 1.99. The Morgan fingerprint density at radius 3 is 3.00 bits per heavy atom. The van der Waals surface area contributed by atoms with Crippen LogP contribution in [0, 0.1) is 0 Å². The molecule has 0 radical (unpaired) electrons. The minimum Gasteiger partial charge on any atom is -0.417 e. The van der Waals surface area contributed by atoms with E-state index in [1.165, 1.54) is 0 Å². The molecule has 102 valence electrons. The lowest BCUT2D eigenvalue weighted by atomic mass is 10.3. The molecule has 4 nitrogen and oxygen atoms in total. The predicted octanol–water partition coefficient (Wildman–Crippen LogP) is 3.69. The number of thioether (sulfide) groups is 1. The van der Waals surface area contributed by atoms with Gasteiger partial charge in [0.15, 0.2) is 0 Å². The van der Waals surface area contributed by atoms with Crippen molar-refractivity contribution < 1.29 is 9.15 Å². The van der Waals surface area contributed by atoms with E-state index >= 15 is 0 Å². The molecule has 1 aromatic carbocycles. The van der Waals surface area contributed by atoms with Crippen LogP contribution in [0.1, 0.15) is 19.0 Å². The zero-order valence-electron chi connectivity index (χ0n) is 11.2. The summed E-state index contributed by atoms with van der Waals surface area (Å²) in [7, 11) is 0. The van der Waals surface area contributed by atoms with Crippen LogP contribution in [0.25, 0.3) is 0 Å². The number of aromatic nitrogens is 1. The van der Waals surface area contributed by atoms with Crippen molar-refractivity contribution in [3.8, 4) is 11.8 Å². The van der Waals surface area contributed by atoms with Gasteiger partial charge in [0, 0.05) is 11.4 Å². The first kappa shape index (κ1) is 14.0. The molecule has 0 aliphatic rings. The van der Waals surface area contributed by atoms with Crippen LogP contribution >= 0.6 is 11.8 Å². The molecule has 2 rings (SSSR count). The van der Waals surface area contributed by atoms with Gasteiger partial charge in [0.25, 0.3) is 0 Å². The fraction of sp³-hybridized carbons (Fsp3) is 0.357. The zero-order valence-corrected chi connectivity index (χ0v) is 12.0. The Hall–Kier alpha value is -1.46. The van der Waals surface area contributed by atoms with Gasteiger partial charge in [0.05, 0.1) is 5.69 Å². The molecule has 0 spiro atoms. The summed E-state index contributed by atoms with van der Waals surface area (Å²) in [6, 6.07) is 7.83. The first-order valence-corrected chi connectivity index (χ1v) is 7.52. The summed E-state index contributed by atoms with van der Waals surface area (Å²) in [4.78, 5) is 5.35. The van der Waals surface area contributed by atoms with E-state index in [1.807, 2.05) is 30.5 Å². The van der Waals surface area contributed by atoms with Crippen LogP contribution in [0.15, 0.2) is 39.8 Å². The molecule has 1 N–H and O–H groups in total. The lowest BCUT2D eigenvalue weighted by Gasteiger charge is -2.04. The number of rotatable bonds is 7. The Kier molecular flexibility index (Phi) is 5.30. The third-order valence-corrected chi connectivity index (χ3v) is 3.31. The molecule has 0 saturated heterocycles. The van der Waals surface area contributed by atoms with Crippen LogP contribution in [0.3, 0.4) is 0 Å². The number of oxazole rings is 1. The van der Waals surface area contributed by atoms with Crippen LogP contribution in [0.5, 0.6) is 11.8 Å². The molecule has 1 heterocycles. The maximum absolute atomic E-state index is 5.66. The number of nitrogens with one attached hydrogen (secondary N) is 1. The Morgan fingerprint density at radius 2 is 2.21 bits per heavy atom. The second-order valence-corrected chi connectivity index (χ2v) is 4.88. The standard InChI is InChI=1S/C14H18N2O2S/c1-3-8-15-9-11-10-17-14(16-11)18-12-6-4-5-7-13(12)19-2/h4-7,10,15H,3,8-9H2,1-2H3. The van der Waals surface area contributed by atoms with E-state index < -0.39 is 0 Å². The van der Waals surface area contributed by atoms with Crippen molar-refractivity contribution in [2.75, 3.05) is 12.8 Å². The summed E-state index contributed by atoms with van der Waals surface area (Å²) < 4.78 is 11.0. The maximum atomic E-state index is 5.66. The predicted molar refractivity (Wildman–Crippen MR) is 76.8 cm³/mol. The molecule has 19 heavy (non-hydrogen) atoms. The number of para-hydroxylation sites is 1. The van der Waals surface area contributed by atoms with E-state index in [1.54, 1.807) is 18.0 Å². The van der Waals surface area contributed by atoms with E-state index in [2.05, 4.69) is 17.2 Å². The van der Waals surface area contributed by atoms with Crippen molar-refractivity contribution >= 4 is 11.8 Å². The van der Waals surface area contributed by atoms with Crippen LogP contribution < -0.4 is 10.1 Å². The molecule has 0 bridgehead atoms. The quantitative estimate of drug-likeness (QED) is 0.618. The average molecular weight is 278 g/mol. The molecule has 1 aromatic heterocycles. The Labute approximate surface area is 117 Å². The van der Waals surface area contributed by atoms with Crippen molar-refractivity contribution in [2.24, 2.45) is 0 Å². The molecule has 0 saturated carbocycles. The van der Waals surface area contributed by atoms with E-state index in [0.717, 1.165) is 29.3 Å². The van der Waals surface area contributed by atoms with Crippen molar-refractivity contribution in [2.45, 2.75) is 24.8 Å². The fourth-order valence-electron chi connectivity index (χ4n) is 1.61. The van der Waals surface area contributed by atoms with E-state index in [-0.39, 0.29) is 6.08 Å². The molecule has 0 aliphatic carbocycles. The second-order valence-electron chi connectivity index (χ2n) is 4.03. The van der Waals surface area contributed by atoms with Crippen molar-refractivity contribution in [3.63, 3.8) is 0 Å². The Morgan fingerprint density at radius 1 is 1.37 bits per heavy atom. The smallest absolute Gasteiger partial charge is 0.399 e. The van der Waals surface area contributed by atoms with Gasteiger partial charge in [-0.05, 0) is 31.4 Å². The van der Waals surface area contributed by atoms with Crippen LogP contribution in [-0.4, -0.2) is 17.8 Å². The maximum Gasteiger partial charge on any atom is 0.399 e. The third-order valence-electron chi connectivity index (χ3n) is 2.53. The number of hydrogen-bond acceptors (Lipinski definition) is 5. The van der Waals surface area contributed by atoms with E-state index in [0.29, 0.717) is 6.54 Å². The normalized spacial score (nSPS) is 10.6. The lowest BCUT2D eigenvalue weighted by Crippen LogP contribution is -2.13. The minimum atomic E-state index is 0.287. The van der Waals surface area contributed by atoms with Crippen LogP contribution in [-0.2, 0) is 6.54 Å². The van der Waals surface area contributed by atoms with Crippen molar-refractivity contribution in [3.05, 3.63) is 36.2 Å². The average Bonchev–Trinajstić information content (AvgIpc) is 2.87. The molecule has 0 atom stereocenters. The molecule has 0 fully saturated rings. The number of ether oxygens (including phenoxy) is 1. The monoisotopic (exact) mass is 278 g/mol. The highest BCUT2D eigenvalue weighted by Gasteiger charge is 2.08. The van der Waals surface area contributed by atoms with Gasteiger partial charge in [0.1, 0.15) is 12.0 Å². The van der Waals surface area contributed by atoms with Gasteiger partial charge in [0.2, 0.25) is 0 Å². The highest BCUT2D eigenvalue weighted by Crippen LogP contribution is 2.30. The molecule has 0 amide bonds. The summed E-state index contributed by atoms with van der Waals surface area (Å²) in [5, 5.41) is 3.27. The number of nitrogens with zero attached hydrogens (tertiary/aromatic N) is 1. The van der Waals surface area contributed by atoms with Crippen LogP contribution in [0.4, 0.5) is 0 Å². The summed E-state index contributed by atoms with van der Waals surface area (Å²) in [6.45, 7) is 3.80. The third kappa shape index (κ3) is 4.01. The largest absolute Gasteiger partial charge is 0.417 e. The van der Waals surface area contributed by atoms with Gasteiger partial charge in [-0.2, -0.15) is 4.98 Å². The Bertz CT molecular complexity index is 514. The first-order chi connectivity index (χ1) is 9.33. The van der Waals surface area contributed by atoms with E-state index in [9.17, 15) is 0 Å². The number of benzene rings is 1. The van der Waals surface area contributed by atoms with Gasteiger partial charge >= 0.3 is 6.08 Å². The van der Waals surface area contributed by atoms with E-state index in [4.69, 9.17) is 9.15 Å². The van der Waals surface area contributed by atoms with Gasteiger partial charge in [-0.25, -0.2) is 0 Å².